The Morgan fingerprint density at radius 2 is 2.05 bits per heavy atom. The second kappa shape index (κ2) is 6.17. The van der Waals surface area contributed by atoms with Gasteiger partial charge in [-0.3, -0.25) is 14.4 Å². The minimum Gasteiger partial charge on any atom is -0.480 e. The monoisotopic (exact) mass is 266 g/mol. The number of aromatic amines is 1. The van der Waals surface area contributed by atoms with E-state index in [0.29, 0.717) is 12.0 Å². The summed E-state index contributed by atoms with van der Waals surface area (Å²) < 4.78 is 0. The number of aromatic nitrogens is 1. The number of hydrogen-bond acceptors (Lipinski definition) is 3. The largest absolute Gasteiger partial charge is 0.480 e. The van der Waals surface area contributed by atoms with Gasteiger partial charge in [0.1, 0.15) is 12.2 Å². The molecule has 1 aromatic rings. The van der Waals surface area contributed by atoms with Crippen LogP contribution in [-0.2, 0) is 4.79 Å². The average molecular weight is 266 g/mol. The second-order valence-electron chi connectivity index (χ2n) is 4.44. The van der Waals surface area contributed by atoms with Gasteiger partial charge >= 0.3 is 5.97 Å². The van der Waals surface area contributed by atoms with E-state index in [1.807, 2.05) is 6.92 Å². The van der Waals surface area contributed by atoms with Crippen molar-refractivity contribution in [1.82, 2.24) is 9.88 Å². The van der Waals surface area contributed by atoms with Crippen LogP contribution in [-0.4, -0.2) is 45.2 Å². The average Bonchev–Trinajstić information content (AvgIpc) is 2.83. The van der Waals surface area contributed by atoms with E-state index in [1.54, 1.807) is 6.92 Å². The predicted octanol–water partition coefficient (Wildman–Crippen LogP) is 1.54. The Bertz CT molecular complexity index is 493. The molecule has 1 unspecified atom stereocenters. The molecule has 1 atom stereocenters. The molecular weight excluding hydrogens is 248 g/mol. The van der Waals surface area contributed by atoms with Crippen molar-refractivity contribution in [3.8, 4) is 0 Å². The third-order valence-electron chi connectivity index (χ3n) is 3.01. The topological polar surface area (TPSA) is 90.5 Å². The van der Waals surface area contributed by atoms with Crippen molar-refractivity contribution in [2.75, 3.05) is 6.54 Å². The molecule has 1 aromatic heterocycles. The van der Waals surface area contributed by atoms with Gasteiger partial charge in [0.15, 0.2) is 5.78 Å². The normalized spacial score (nSPS) is 11.9. The number of carbonyl (C=O) groups is 3. The molecule has 0 saturated heterocycles. The molecule has 1 rings (SSSR count). The summed E-state index contributed by atoms with van der Waals surface area (Å²) in [6, 6.07) is 1.26. The molecular formula is C13H18N2O4. The first-order valence-corrected chi connectivity index (χ1v) is 6.08. The van der Waals surface area contributed by atoms with Crippen molar-refractivity contribution in [3.05, 3.63) is 23.5 Å². The molecule has 0 radical (unpaired) electrons. The van der Waals surface area contributed by atoms with Gasteiger partial charge < -0.3 is 15.0 Å². The number of ketones is 1. The van der Waals surface area contributed by atoms with Crippen LogP contribution in [0, 0.1) is 0 Å². The maximum Gasteiger partial charge on any atom is 0.323 e. The van der Waals surface area contributed by atoms with Crippen molar-refractivity contribution in [1.29, 1.82) is 0 Å². The number of nitrogens with zero attached hydrogens (tertiary/aromatic N) is 1. The molecule has 1 amide bonds. The van der Waals surface area contributed by atoms with E-state index in [2.05, 4.69) is 4.98 Å². The summed E-state index contributed by atoms with van der Waals surface area (Å²) in [5, 5.41) is 8.86. The van der Waals surface area contributed by atoms with Crippen LogP contribution in [0.15, 0.2) is 12.3 Å². The van der Waals surface area contributed by atoms with Crippen molar-refractivity contribution in [2.45, 2.75) is 33.2 Å². The van der Waals surface area contributed by atoms with Gasteiger partial charge in [-0.1, -0.05) is 6.92 Å². The number of carboxylic acid groups (broad SMARTS) is 1. The highest BCUT2D eigenvalue weighted by Crippen LogP contribution is 2.12. The lowest BCUT2D eigenvalue weighted by atomic mass is 10.2. The zero-order chi connectivity index (χ0) is 14.6. The molecule has 0 aliphatic carbocycles. The van der Waals surface area contributed by atoms with Gasteiger partial charge in [-0.2, -0.15) is 0 Å². The number of nitrogens with one attached hydrogen (secondary N) is 1. The van der Waals surface area contributed by atoms with Gasteiger partial charge in [0.25, 0.3) is 5.91 Å². The van der Waals surface area contributed by atoms with Crippen LogP contribution in [0.5, 0.6) is 0 Å². The first-order valence-electron chi connectivity index (χ1n) is 6.08. The highest BCUT2D eigenvalue weighted by molar-refractivity contribution is 5.99. The minimum absolute atomic E-state index is 0.149. The number of Topliss-reactive ketones (excluding diaryl/α,β-unsaturated/α-hetero) is 1. The number of hydrogen-bond donors (Lipinski definition) is 2. The summed E-state index contributed by atoms with van der Waals surface area (Å²) in [7, 11) is 0. The van der Waals surface area contributed by atoms with Crippen LogP contribution >= 0.6 is 0 Å². The van der Waals surface area contributed by atoms with Gasteiger partial charge in [0.05, 0.1) is 0 Å². The van der Waals surface area contributed by atoms with Crippen molar-refractivity contribution >= 4 is 17.7 Å². The fourth-order valence-electron chi connectivity index (χ4n) is 1.67. The quantitative estimate of drug-likeness (QED) is 0.764. The molecule has 1 heterocycles. The summed E-state index contributed by atoms with van der Waals surface area (Å²) in [4.78, 5) is 38.2. The van der Waals surface area contributed by atoms with Gasteiger partial charge in [0.2, 0.25) is 0 Å². The smallest absolute Gasteiger partial charge is 0.323 e. The molecule has 19 heavy (non-hydrogen) atoms. The summed E-state index contributed by atoms with van der Waals surface area (Å²) in [5.41, 5.74) is 0.634. The maximum atomic E-state index is 12.2. The first-order chi connectivity index (χ1) is 8.86. The summed E-state index contributed by atoms with van der Waals surface area (Å²) in [5.74, 6) is -1.63. The van der Waals surface area contributed by atoms with E-state index in [-0.39, 0.29) is 24.1 Å². The number of amides is 1. The van der Waals surface area contributed by atoms with E-state index in [1.165, 1.54) is 24.1 Å². The molecule has 0 aromatic carbocycles. The lowest BCUT2D eigenvalue weighted by Crippen LogP contribution is -2.42. The first kappa shape index (κ1) is 14.9. The van der Waals surface area contributed by atoms with Gasteiger partial charge in [0, 0.05) is 17.8 Å². The number of H-pyrrole nitrogens is 1. The second-order valence-corrected chi connectivity index (χ2v) is 4.44. The lowest BCUT2D eigenvalue weighted by molar-refractivity contribution is -0.138. The molecule has 0 saturated carbocycles. The Morgan fingerprint density at radius 1 is 1.42 bits per heavy atom. The molecule has 0 bridgehead atoms. The highest BCUT2D eigenvalue weighted by atomic mass is 16.4. The molecule has 104 valence electrons. The van der Waals surface area contributed by atoms with Gasteiger partial charge in [-0.05, 0) is 26.3 Å². The zero-order valence-electron chi connectivity index (χ0n) is 11.3. The Labute approximate surface area is 111 Å². The third kappa shape index (κ3) is 3.67. The van der Waals surface area contributed by atoms with Crippen LogP contribution in [0.2, 0.25) is 0 Å². The molecule has 6 heteroatoms. The van der Waals surface area contributed by atoms with Gasteiger partial charge in [-0.15, -0.1) is 0 Å². The summed E-state index contributed by atoms with van der Waals surface area (Å²) in [6.07, 6.45) is 2.10. The Morgan fingerprint density at radius 3 is 2.47 bits per heavy atom. The Hall–Kier alpha value is -2.11. The van der Waals surface area contributed by atoms with E-state index < -0.39 is 11.9 Å². The summed E-state index contributed by atoms with van der Waals surface area (Å²) >= 11 is 0. The van der Waals surface area contributed by atoms with E-state index in [0.717, 1.165) is 0 Å². The van der Waals surface area contributed by atoms with E-state index in [4.69, 9.17) is 5.11 Å². The minimum atomic E-state index is -1.06. The fourth-order valence-corrected chi connectivity index (χ4v) is 1.67. The van der Waals surface area contributed by atoms with Crippen molar-refractivity contribution in [2.24, 2.45) is 0 Å². The summed E-state index contributed by atoms with van der Waals surface area (Å²) in [6.45, 7) is 4.71. The Balaban J connectivity index is 2.97. The standard InChI is InChI=1S/C13H18N2O4/c1-4-8(2)15(7-12(17)18)13(19)11-5-10(6-14-11)9(3)16/h5-6,8,14H,4,7H2,1-3H3,(H,17,18). The molecule has 6 nitrogen and oxygen atoms in total. The van der Waals surface area contributed by atoms with E-state index >= 15 is 0 Å². The SMILES string of the molecule is CCC(C)N(CC(=O)O)C(=O)c1cc(C(C)=O)c[nH]1. The molecule has 0 aliphatic rings. The lowest BCUT2D eigenvalue weighted by Gasteiger charge is -2.26. The number of rotatable bonds is 6. The number of carbonyl (C=O) groups excluding carboxylic acids is 2. The van der Waals surface area contributed by atoms with Crippen LogP contribution in [0.1, 0.15) is 48.0 Å². The number of aliphatic carboxylic acids is 1. The van der Waals surface area contributed by atoms with Crippen LogP contribution in [0.3, 0.4) is 0 Å². The molecule has 0 fully saturated rings. The maximum absolute atomic E-state index is 12.2. The highest BCUT2D eigenvalue weighted by Gasteiger charge is 2.24. The molecule has 0 spiro atoms. The van der Waals surface area contributed by atoms with Crippen molar-refractivity contribution in [3.63, 3.8) is 0 Å². The van der Waals surface area contributed by atoms with Crippen LogP contribution in [0.4, 0.5) is 0 Å². The van der Waals surface area contributed by atoms with Gasteiger partial charge in [-0.25, -0.2) is 0 Å². The predicted molar refractivity (Wildman–Crippen MR) is 69.2 cm³/mol. The third-order valence-corrected chi connectivity index (χ3v) is 3.01. The fraction of sp³-hybridized carbons (Fsp3) is 0.462. The van der Waals surface area contributed by atoms with Crippen LogP contribution in [0.25, 0.3) is 0 Å². The number of carboxylic acids is 1. The van der Waals surface area contributed by atoms with Crippen molar-refractivity contribution < 1.29 is 19.5 Å². The Kier molecular flexibility index (Phi) is 4.86. The molecule has 2 N–H and O–H groups in total. The zero-order valence-corrected chi connectivity index (χ0v) is 11.3. The van der Waals surface area contributed by atoms with Crippen LogP contribution < -0.4 is 0 Å². The molecule has 0 aliphatic heterocycles. The van der Waals surface area contributed by atoms with E-state index in [9.17, 15) is 14.4 Å².